The summed E-state index contributed by atoms with van der Waals surface area (Å²) in [6.07, 6.45) is 4.40. The lowest BCUT2D eigenvalue weighted by atomic mass is 10.0. The predicted molar refractivity (Wildman–Crippen MR) is 121 cm³/mol. The molecule has 0 saturated carbocycles. The molecule has 4 aromatic rings. The van der Waals surface area contributed by atoms with Crippen molar-refractivity contribution >= 4 is 28.2 Å². The van der Waals surface area contributed by atoms with Gasteiger partial charge in [-0.1, -0.05) is 24.3 Å². The molecule has 0 atom stereocenters. The molecule has 2 heterocycles. The fraction of sp³-hybridized carbons (Fsp3) is 0.174. The van der Waals surface area contributed by atoms with Gasteiger partial charge in [0.05, 0.1) is 11.8 Å². The Morgan fingerprint density at radius 1 is 1.15 bits per heavy atom. The average Bonchev–Trinajstić information content (AvgIpc) is 3.20. The number of rotatable bonds is 4. The Hall–Kier alpha value is -4.65. The van der Waals surface area contributed by atoms with Gasteiger partial charge < -0.3 is 10.4 Å². The van der Waals surface area contributed by atoms with E-state index in [1.165, 1.54) is 23.3 Å². The number of aromatic nitrogens is 4. The molecule has 2 aromatic carbocycles. The fourth-order valence-electron chi connectivity index (χ4n) is 3.16. The van der Waals surface area contributed by atoms with Crippen molar-refractivity contribution in [1.82, 2.24) is 25.1 Å². The molecule has 0 aliphatic rings. The third kappa shape index (κ3) is 4.38. The summed E-state index contributed by atoms with van der Waals surface area (Å²) in [4.78, 5) is 21.1. The highest BCUT2D eigenvalue weighted by Crippen LogP contribution is 2.39. The van der Waals surface area contributed by atoms with Gasteiger partial charge in [-0.05, 0) is 38.3 Å². The summed E-state index contributed by atoms with van der Waals surface area (Å²) in [5.74, 6) is -0.459. The number of benzene rings is 2. The zero-order valence-electron chi connectivity index (χ0n) is 18.2. The number of nitrogens with one attached hydrogen (secondary N) is 1. The zero-order valence-corrected chi connectivity index (χ0v) is 18.2. The molecular weight excluding hydrogens is 420 g/mol. The van der Waals surface area contributed by atoms with Crippen LogP contribution in [-0.4, -0.2) is 36.3 Å². The number of nitrogens with zero attached hydrogens (tertiary/aromatic N) is 7. The van der Waals surface area contributed by atoms with Crippen molar-refractivity contribution in [2.75, 3.05) is 0 Å². The van der Waals surface area contributed by atoms with Crippen LogP contribution in [0.2, 0.25) is 0 Å². The minimum absolute atomic E-state index is 0.0676. The first-order chi connectivity index (χ1) is 15.8. The molecule has 164 valence electrons. The number of aromatic hydroxyl groups is 1. The number of amides is 1. The molecule has 0 aliphatic heterocycles. The summed E-state index contributed by atoms with van der Waals surface area (Å²) in [5.41, 5.74) is -0.187. The van der Waals surface area contributed by atoms with Crippen LogP contribution < -0.4 is 5.32 Å². The second-order valence-corrected chi connectivity index (χ2v) is 8.20. The van der Waals surface area contributed by atoms with Crippen molar-refractivity contribution in [3.63, 3.8) is 0 Å². The van der Waals surface area contributed by atoms with Gasteiger partial charge in [0.2, 0.25) is 0 Å². The molecule has 0 aliphatic carbocycles. The van der Waals surface area contributed by atoms with Crippen LogP contribution in [0.3, 0.4) is 0 Å². The zero-order chi connectivity index (χ0) is 23.6. The largest absolute Gasteiger partial charge is 0.505 e. The molecule has 0 unspecified atom stereocenters. The first kappa shape index (κ1) is 21.6. The second-order valence-electron chi connectivity index (χ2n) is 8.20. The molecule has 33 heavy (non-hydrogen) atoms. The van der Waals surface area contributed by atoms with E-state index >= 15 is 0 Å². The van der Waals surface area contributed by atoms with Crippen molar-refractivity contribution < 1.29 is 9.90 Å². The third-order valence-corrected chi connectivity index (χ3v) is 4.58. The molecule has 2 N–H and O–H groups in total. The van der Waals surface area contributed by atoms with Gasteiger partial charge in [-0.3, -0.25) is 4.79 Å². The molecule has 2 aromatic heterocycles. The molecule has 0 radical (unpaired) electrons. The number of fused-ring (bicyclic) bond motifs is 1. The topological polar surface area (TPSA) is 141 Å². The molecule has 0 saturated heterocycles. The molecular formula is C23H20N8O2. The van der Waals surface area contributed by atoms with Gasteiger partial charge in [-0.25, -0.2) is 9.97 Å². The molecule has 0 fully saturated rings. The van der Waals surface area contributed by atoms with Crippen molar-refractivity contribution in [2.24, 2.45) is 10.2 Å². The number of nitriles is 1. The molecule has 0 spiro atoms. The normalized spacial score (nSPS) is 11.6. The Morgan fingerprint density at radius 2 is 1.88 bits per heavy atom. The van der Waals surface area contributed by atoms with Gasteiger partial charge in [0.25, 0.3) is 11.9 Å². The minimum Gasteiger partial charge on any atom is -0.505 e. The highest BCUT2D eigenvalue weighted by atomic mass is 16.3. The Morgan fingerprint density at radius 3 is 2.58 bits per heavy atom. The van der Waals surface area contributed by atoms with Crippen LogP contribution >= 0.6 is 0 Å². The predicted octanol–water partition coefficient (Wildman–Crippen LogP) is 4.34. The maximum atomic E-state index is 12.8. The Bertz CT molecular complexity index is 1410. The second kappa shape index (κ2) is 8.47. The van der Waals surface area contributed by atoms with E-state index in [2.05, 4.69) is 30.6 Å². The van der Waals surface area contributed by atoms with Crippen molar-refractivity contribution in [3.8, 4) is 17.8 Å². The fourth-order valence-corrected chi connectivity index (χ4v) is 3.16. The standard InChI is InChI=1S/C23H20N8O2/c1-23(2,3)28-21(33)17-11-14-7-4-5-8-16(14)18(19(17)32)29-30-20-15(12-24)13-27-31(20)22-25-9-6-10-26-22/h4-11,13,32H,1-3H3,(H,28,33)/b30-29+. The summed E-state index contributed by atoms with van der Waals surface area (Å²) in [7, 11) is 0. The van der Waals surface area contributed by atoms with Crippen LogP contribution in [0.5, 0.6) is 5.75 Å². The quantitative estimate of drug-likeness (QED) is 0.452. The van der Waals surface area contributed by atoms with Gasteiger partial charge >= 0.3 is 0 Å². The van der Waals surface area contributed by atoms with E-state index in [1.807, 2.05) is 39.0 Å². The monoisotopic (exact) mass is 440 g/mol. The first-order valence-corrected chi connectivity index (χ1v) is 10.0. The van der Waals surface area contributed by atoms with E-state index in [9.17, 15) is 15.2 Å². The molecule has 10 heteroatoms. The van der Waals surface area contributed by atoms with Crippen molar-refractivity contribution in [2.45, 2.75) is 26.3 Å². The van der Waals surface area contributed by atoms with Crippen LogP contribution in [0.15, 0.2) is 65.2 Å². The number of hydrogen-bond donors (Lipinski definition) is 2. The molecule has 0 bridgehead atoms. The number of phenols is 1. The smallest absolute Gasteiger partial charge is 0.255 e. The third-order valence-electron chi connectivity index (χ3n) is 4.58. The van der Waals surface area contributed by atoms with E-state index in [1.54, 1.807) is 24.3 Å². The van der Waals surface area contributed by atoms with E-state index in [0.29, 0.717) is 10.8 Å². The number of carbonyl (C=O) groups excluding carboxylic acids is 1. The minimum atomic E-state index is -0.499. The van der Waals surface area contributed by atoms with Gasteiger partial charge in [0.15, 0.2) is 11.6 Å². The lowest BCUT2D eigenvalue weighted by Crippen LogP contribution is -2.40. The van der Waals surface area contributed by atoms with Crippen LogP contribution in [0.25, 0.3) is 16.7 Å². The molecule has 4 rings (SSSR count). The van der Waals surface area contributed by atoms with E-state index in [0.717, 1.165) is 0 Å². The Balaban J connectivity index is 1.87. The highest BCUT2D eigenvalue weighted by Gasteiger charge is 2.22. The van der Waals surface area contributed by atoms with Crippen molar-refractivity contribution in [3.05, 3.63) is 66.1 Å². The number of phenolic OH excluding ortho intramolecular Hbond substituents is 1. The summed E-state index contributed by atoms with van der Waals surface area (Å²) < 4.78 is 1.28. The number of azo groups is 1. The first-order valence-electron chi connectivity index (χ1n) is 10.0. The lowest BCUT2D eigenvalue weighted by molar-refractivity contribution is 0.0917. The molecule has 10 nitrogen and oxygen atoms in total. The lowest BCUT2D eigenvalue weighted by Gasteiger charge is -2.21. The summed E-state index contributed by atoms with van der Waals surface area (Å²) in [6.45, 7) is 5.54. The molecule has 1 amide bonds. The average molecular weight is 440 g/mol. The van der Waals surface area contributed by atoms with E-state index < -0.39 is 11.4 Å². The van der Waals surface area contributed by atoms with Gasteiger partial charge in [-0.15, -0.1) is 10.2 Å². The summed E-state index contributed by atoms with van der Waals surface area (Å²) >= 11 is 0. The van der Waals surface area contributed by atoms with E-state index in [-0.39, 0.29) is 34.3 Å². The van der Waals surface area contributed by atoms with Crippen molar-refractivity contribution in [1.29, 1.82) is 5.26 Å². The van der Waals surface area contributed by atoms with Crippen LogP contribution in [-0.2, 0) is 0 Å². The van der Waals surface area contributed by atoms with Gasteiger partial charge in [0, 0.05) is 23.3 Å². The highest BCUT2D eigenvalue weighted by molar-refractivity contribution is 6.06. The summed E-state index contributed by atoms with van der Waals surface area (Å²) in [5, 5.41) is 37.1. The number of carbonyl (C=O) groups is 1. The van der Waals surface area contributed by atoms with Gasteiger partial charge in [0.1, 0.15) is 17.3 Å². The van der Waals surface area contributed by atoms with E-state index in [4.69, 9.17) is 0 Å². The van der Waals surface area contributed by atoms with Gasteiger partial charge in [-0.2, -0.15) is 15.0 Å². The SMILES string of the molecule is CC(C)(C)NC(=O)c1cc2ccccc2c(/N=N/c2c(C#N)cnn2-c2ncccn2)c1O. The summed E-state index contributed by atoms with van der Waals surface area (Å²) in [6, 6.07) is 12.4. The maximum absolute atomic E-state index is 12.8. The maximum Gasteiger partial charge on any atom is 0.255 e. The Labute approximate surface area is 189 Å². The Kier molecular flexibility index (Phi) is 5.54. The van der Waals surface area contributed by atoms with Crippen LogP contribution in [0, 0.1) is 11.3 Å². The van der Waals surface area contributed by atoms with Crippen LogP contribution in [0.1, 0.15) is 36.7 Å². The number of hydrogen-bond acceptors (Lipinski definition) is 8. The van der Waals surface area contributed by atoms with Crippen LogP contribution in [0.4, 0.5) is 11.5 Å².